The molecule has 2 aliphatic heterocycles. The van der Waals surface area contributed by atoms with E-state index in [9.17, 15) is 0 Å². The van der Waals surface area contributed by atoms with Crippen LogP contribution in [0.1, 0.15) is 0 Å². The Morgan fingerprint density at radius 3 is 0.697 bits per heavy atom. The van der Waals surface area contributed by atoms with Crippen LogP contribution in [0.25, 0.3) is 89.7 Å². The van der Waals surface area contributed by atoms with Gasteiger partial charge >= 0.3 is 19.5 Å². The zero-order valence-corrected chi connectivity index (χ0v) is 67.1. The molecule has 0 amide bonds. The largest absolute Gasteiger partial charge is 2.00 e. The zero-order valence-electron chi connectivity index (χ0n) is 42.4. The summed E-state index contributed by atoms with van der Waals surface area (Å²) in [5.74, 6) is 0.0442. The standard InChI is InChI=1S/C56H12Br8Cl12N8O4.Zn/c57-13-5-1-6-14(58)41(13)85-45-33(69)25-21(29(65)37(45)73)49-77-50-22-27(35(71)47(38(74)30(22)66)87-43-17(61)9-3-10-18(43)62)55(79-50)84-56-28-24(32(68)40(76)48(36(28)72)88-44-19(63)11-4-12-20(44)64)52(83-56)82-54-26-23(51(81-54)80-53(25)78-49)31(67)39(75)46(34(26)70)86-42-15(59)7-2-8-16(42)60;/h1-12H;/q-2;+2. The van der Waals surface area contributed by atoms with Crippen molar-refractivity contribution < 1.29 is 38.4 Å². The smallest absolute Gasteiger partial charge is 0.452 e. The average molecular weight is 1990 g/mol. The predicted molar refractivity (Wildman–Crippen MR) is 382 cm³/mol. The maximum atomic E-state index is 7.53. The van der Waals surface area contributed by atoms with Gasteiger partial charge in [0.2, 0.25) is 0 Å². The van der Waals surface area contributed by atoms with Crippen molar-refractivity contribution >= 4 is 311 Å². The minimum absolute atomic E-state index is 0. The first-order valence-electron chi connectivity index (χ1n) is 24.0. The van der Waals surface area contributed by atoms with E-state index in [4.69, 9.17) is 198 Å². The van der Waals surface area contributed by atoms with E-state index in [-0.39, 0.29) is 215 Å². The Morgan fingerprint density at radius 1 is 0.247 bits per heavy atom. The van der Waals surface area contributed by atoms with Crippen molar-refractivity contribution in [1.82, 2.24) is 39.9 Å². The van der Waals surface area contributed by atoms with Gasteiger partial charge in [0, 0.05) is 66.4 Å². The molecule has 0 N–H and O–H groups in total. The SMILES string of the molecule is Clc1c(Cl)c2c(c(Cl)c1Oc1c(Br)cccc1Br)-c1nc-2nc2[n-]c(nc3nc(nc4[n-]c(n1)c1c(Cl)c(Cl)c(Oc5c(Br)cccc5Br)c(Cl)c41)-c1c(Cl)c(Cl)c(Oc4c(Br)cccc4Br)c(Cl)c1-3)c1c(Cl)c(Oc3c(Br)cccc3Br)c(Cl)c(Cl)c21.[Zn+2]. The molecule has 442 valence electrons. The van der Waals surface area contributed by atoms with Gasteiger partial charge in [0.25, 0.3) is 0 Å². The summed E-state index contributed by atoms with van der Waals surface area (Å²) < 4.78 is 30.2. The summed E-state index contributed by atoms with van der Waals surface area (Å²) in [6, 6.07) is 21.2. The number of benzene rings is 8. The van der Waals surface area contributed by atoms with E-state index in [2.05, 4.69) is 127 Å². The van der Waals surface area contributed by atoms with Crippen LogP contribution in [0, 0.1) is 0 Å². The van der Waals surface area contributed by atoms with E-state index in [0.717, 1.165) is 0 Å². The number of rotatable bonds is 8. The van der Waals surface area contributed by atoms with E-state index in [1.807, 2.05) is 0 Å². The molecule has 0 radical (unpaired) electrons. The topological polar surface area (TPSA) is 142 Å². The van der Waals surface area contributed by atoms with Crippen LogP contribution in [-0.2, 0) is 19.5 Å². The molecule has 5 heterocycles. The second-order valence-electron chi connectivity index (χ2n) is 18.2. The number of para-hydroxylation sites is 4. The molecule has 11 aromatic rings. The molecule has 0 aliphatic carbocycles. The van der Waals surface area contributed by atoms with Gasteiger partial charge < -0.3 is 48.9 Å². The van der Waals surface area contributed by atoms with Crippen molar-refractivity contribution in [2.45, 2.75) is 0 Å². The molecule has 0 fully saturated rings. The summed E-state index contributed by atoms with van der Waals surface area (Å²) in [5, 5.41) is -1.51. The number of fused-ring (bicyclic) bond motifs is 20. The van der Waals surface area contributed by atoms with Gasteiger partial charge in [-0.15, -0.1) is 0 Å². The van der Waals surface area contributed by atoms with Gasteiger partial charge in [-0.1, -0.05) is 163 Å². The number of hydrogen-bond donors (Lipinski definition) is 0. The molecule has 13 rings (SSSR count). The fourth-order valence-electron chi connectivity index (χ4n) is 9.22. The molecule has 8 aromatic carbocycles. The van der Waals surface area contributed by atoms with Crippen molar-refractivity contribution in [3.8, 4) is 91.5 Å². The van der Waals surface area contributed by atoms with Gasteiger partial charge in [-0.25, -0.2) is 9.97 Å². The third-order valence-electron chi connectivity index (χ3n) is 13.1. The van der Waals surface area contributed by atoms with Crippen molar-refractivity contribution in [3.63, 3.8) is 0 Å². The Hall–Kier alpha value is -1.74. The zero-order chi connectivity index (χ0) is 62.4. The summed E-state index contributed by atoms with van der Waals surface area (Å²) >= 11 is 117. The van der Waals surface area contributed by atoms with Gasteiger partial charge in [0.05, 0.1) is 99.3 Å². The maximum Gasteiger partial charge on any atom is 2.00 e. The van der Waals surface area contributed by atoms with E-state index in [1.165, 1.54) is 0 Å². The number of nitrogens with zero attached hydrogens (tertiary/aromatic N) is 8. The molecule has 89 heavy (non-hydrogen) atoms. The molecule has 8 bridgehead atoms. The molecule has 0 saturated heterocycles. The Kier molecular flexibility index (Phi) is 19.9. The number of halogens is 20. The monoisotopic (exact) mass is 1980 g/mol. The van der Waals surface area contributed by atoms with E-state index in [0.29, 0.717) is 35.8 Å². The molecule has 12 nitrogen and oxygen atoms in total. The number of hydrogen-bond acceptors (Lipinski definition) is 10. The fourth-order valence-corrected chi connectivity index (χ4v) is 17.3. The van der Waals surface area contributed by atoms with Gasteiger partial charge in [-0.3, -0.25) is 0 Å². The van der Waals surface area contributed by atoms with Crippen LogP contribution in [0.4, 0.5) is 0 Å². The number of aromatic nitrogens is 8. The molecule has 0 spiro atoms. The normalized spacial score (nSPS) is 11.7. The molecular formula is C56H12Br8Cl12N8O4Zn. The van der Waals surface area contributed by atoms with Crippen molar-refractivity contribution in [2.75, 3.05) is 0 Å². The molecule has 2 aliphatic rings. The second-order valence-corrected chi connectivity index (χ2v) is 29.5. The Morgan fingerprint density at radius 2 is 0.449 bits per heavy atom. The third-order valence-corrected chi connectivity index (χ3v) is 22.9. The van der Waals surface area contributed by atoms with Crippen LogP contribution in [0.15, 0.2) is 109 Å². The summed E-state index contributed by atoms with van der Waals surface area (Å²) in [5.41, 5.74) is -0.502. The summed E-state index contributed by atoms with van der Waals surface area (Å²) in [6.45, 7) is 0. The van der Waals surface area contributed by atoms with Crippen LogP contribution in [0.2, 0.25) is 60.3 Å². The first kappa shape index (κ1) is 67.3. The third kappa shape index (κ3) is 11.6. The Bertz CT molecular complexity index is 5110. The predicted octanol–water partition coefficient (Wildman–Crippen LogP) is 27.2. The van der Waals surface area contributed by atoms with Crippen LogP contribution < -0.4 is 28.9 Å². The first-order chi connectivity index (χ1) is 41.9. The summed E-state index contributed by atoms with van der Waals surface area (Å²) in [6.07, 6.45) is 0. The van der Waals surface area contributed by atoms with Crippen LogP contribution in [0.3, 0.4) is 0 Å². The van der Waals surface area contributed by atoms with Gasteiger partial charge in [0.1, 0.15) is 20.1 Å². The molecule has 33 heteroatoms. The fraction of sp³-hybridized carbons (Fsp3) is 0. The molecular weight excluding hydrogens is 1980 g/mol. The van der Waals surface area contributed by atoms with Gasteiger partial charge in [0.15, 0.2) is 46.0 Å². The summed E-state index contributed by atoms with van der Waals surface area (Å²) in [4.78, 5) is 40.3. The molecule has 0 saturated carbocycles. The minimum atomic E-state index is -0.176. The Labute approximate surface area is 640 Å². The summed E-state index contributed by atoms with van der Waals surface area (Å²) in [7, 11) is 0. The van der Waals surface area contributed by atoms with Crippen LogP contribution in [-0.4, -0.2) is 29.9 Å². The van der Waals surface area contributed by atoms with Gasteiger partial charge in [-0.05, 0) is 176 Å². The van der Waals surface area contributed by atoms with Crippen molar-refractivity contribution in [3.05, 3.63) is 169 Å². The van der Waals surface area contributed by atoms with E-state index >= 15 is 0 Å². The minimum Gasteiger partial charge on any atom is -0.452 e. The molecule has 0 unspecified atom stereocenters. The number of ether oxygens (including phenoxy) is 4. The van der Waals surface area contributed by atoms with E-state index < -0.39 is 0 Å². The van der Waals surface area contributed by atoms with Crippen LogP contribution in [0.5, 0.6) is 46.0 Å². The average Bonchev–Trinajstić information content (AvgIpc) is 2.25. The molecule has 3 aromatic heterocycles. The molecule has 0 atom stereocenters. The quantitative estimate of drug-likeness (QED) is 0.106. The first-order valence-corrected chi connectivity index (χ1v) is 34.8. The van der Waals surface area contributed by atoms with Crippen molar-refractivity contribution in [1.29, 1.82) is 0 Å². The van der Waals surface area contributed by atoms with E-state index in [1.54, 1.807) is 72.8 Å². The van der Waals surface area contributed by atoms with Crippen molar-refractivity contribution in [2.24, 2.45) is 0 Å². The van der Waals surface area contributed by atoms with Crippen LogP contribution >= 0.6 is 267 Å². The second kappa shape index (κ2) is 26.4. The maximum absolute atomic E-state index is 7.53. The van der Waals surface area contributed by atoms with Gasteiger partial charge in [-0.2, -0.15) is 0 Å². The Balaban J connectivity index is 0.00000769.